The van der Waals surface area contributed by atoms with Crippen LogP contribution in [-0.4, -0.2) is 36.4 Å². The maximum absolute atomic E-state index is 12.0. The van der Waals surface area contributed by atoms with E-state index in [2.05, 4.69) is 36.2 Å². The molecule has 30 heavy (non-hydrogen) atoms. The van der Waals surface area contributed by atoms with Crippen LogP contribution in [0.1, 0.15) is 37.3 Å². The van der Waals surface area contributed by atoms with Crippen molar-refractivity contribution in [1.29, 1.82) is 0 Å². The van der Waals surface area contributed by atoms with Gasteiger partial charge in [-0.2, -0.15) is 0 Å². The van der Waals surface area contributed by atoms with Crippen molar-refractivity contribution in [3.05, 3.63) is 84.3 Å². The smallest absolute Gasteiger partial charge is 0.335 e. The Bertz CT molecular complexity index is 891. The fourth-order valence-corrected chi connectivity index (χ4v) is 3.75. The Labute approximate surface area is 178 Å². The van der Waals surface area contributed by atoms with E-state index in [0.717, 1.165) is 6.42 Å². The predicted octanol–water partition coefficient (Wildman–Crippen LogP) is 4.70. The van der Waals surface area contributed by atoms with E-state index in [1.54, 1.807) is 6.08 Å². The molecule has 0 saturated heterocycles. The minimum absolute atomic E-state index is 0.0323. The average molecular weight is 408 g/mol. The van der Waals surface area contributed by atoms with E-state index in [4.69, 9.17) is 9.47 Å². The van der Waals surface area contributed by atoms with Gasteiger partial charge in [0.2, 0.25) is 0 Å². The number of carbonyl (C=O) groups is 1. The Morgan fingerprint density at radius 3 is 2.27 bits per heavy atom. The normalized spacial score (nSPS) is 15.1. The number of carboxylic acid groups (broad SMARTS) is 1. The Balaban J connectivity index is 1.77. The van der Waals surface area contributed by atoms with Gasteiger partial charge >= 0.3 is 5.97 Å². The molecule has 1 aliphatic rings. The molecular weight excluding hydrogens is 378 g/mol. The number of allylic oxidation sites excluding steroid dienone is 1. The lowest BCUT2D eigenvalue weighted by Gasteiger charge is -2.29. The van der Waals surface area contributed by atoms with Gasteiger partial charge in [0.15, 0.2) is 11.4 Å². The molecule has 1 aliphatic carbocycles. The van der Waals surface area contributed by atoms with Crippen LogP contribution in [0.5, 0.6) is 0 Å². The van der Waals surface area contributed by atoms with Gasteiger partial charge in [-0.25, -0.2) is 4.79 Å². The van der Waals surface area contributed by atoms with E-state index in [1.807, 2.05) is 38.1 Å². The molecule has 0 radical (unpaired) electrons. The van der Waals surface area contributed by atoms with Gasteiger partial charge in [-0.1, -0.05) is 61.5 Å². The summed E-state index contributed by atoms with van der Waals surface area (Å²) in [6.45, 7) is 8.33. The largest absolute Gasteiger partial charge is 0.479 e. The molecule has 0 bridgehead atoms. The minimum Gasteiger partial charge on any atom is -0.479 e. The van der Waals surface area contributed by atoms with Crippen LogP contribution in [0.25, 0.3) is 11.1 Å². The number of aliphatic carboxylic acids is 1. The maximum atomic E-state index is 12.0. The second kappa shape index (κ2) is 9.63. The molecular formula is C25H29NO4. The number of carboxylic acids is 1. The number of benzene rings is 2. The average Bonchev–Trinajstić information content (AvgIpc) is 3.09. The molecule has 3 rings (SSSR count). The molecule has 2 aromatic rings. The minimum atomic E-state index is -1.46. The highest BCUT2D eigenvalue weighted by molar-refractivity contribution is 5.82. The zero-order valence-electron chi connectivity index (χ0n) is 17.6. The summed E-state index contributed by atoms with van der Waals surface area (Å²) < 4.78 is 11.6. The first-order chi connectivity index (χ1) is 14.6. The molecule has 2 N–H and O–H groups in total. The van der Waals surface area contributed by atoms with Crippen molar-refractivity contribution in [2.45, 2.75) is 31.7 Å². The van der Waals surface area contributed by atoms with Gasteiger partial charge in [-0.05, 0) is 41.7 Å². The van der Waals surface area contributed by atoms with Crippen LogP contribution in [0.4, 0.5) is 0 Å². The number of hydrogen-bond donors (Lipinski definition) is 2. The molecule has 1 atom stereocenters. The van der Waals surface area contributed by atoms with Gasteiger partial charge < -0.3 is 19.9 Å². The lowest BCUT2D eigenvalue weighted by atomic mass is 9.98. The second-order valence-electron chi connectivity index (χ2n) is 7.35. The molecule has 5 heteroatoms. The Morgan fingerprint density at radius 2 is 1.77 bits per heavy atom. The van der Waals surface area contributed by atoms with Crippen molar-refractivity contribution in [2.75, 3.05) is 19.8 Å². The van der Waals surface area contributed by atoms with Gasteiger partial charge in [0, 0.05) is 12.5 Å². The van der Waals surface area contributed by atoms with E-state index < -0.39 is 11.5 Å². The maximum Gasteiger partial charge on any atom is 0.335 e. The fourth-order valence-electron chi connectivity index (χ4n) is 3.75. The molecule has 0 spiro atoms. The first-order valence-corrected chi connectivity index (χ1v) is 10.3. The highest BCUT2D eigenvalue weighted by Crippen LogP contribution is 2.44. The summed E-state index contributed by atoms with van der Waals surface area (Å²) in [5.74, 6) is -0.596. The lowest BCUT2D eigenvalue weighted by molar-refractivity contribution is -0.145. The van der Waals surface area contributed by atoms with Crippen LogP contribution >= 0.6 is 0 Å². The molecule has 0 unspecified atom stereocenters. The topological polar surface area (TPSA) is 67.8 Å². The zero-order valence-corrected chi connectivity index (χ0v) is 17.6. The Kier molecular flexibility index (Phi) is 6.95. The van der Waals surface area contributed by atoms with E-state index in [0.29, 0.717) is 19.1 Å². The van der Waals surface area contributed by atoms with Crippen LogP contribution in [-0.2, 0) is 14.3 Å². The monoisotopic (exact) mass is 407 g/mol. The molecule has 5 nitrogen and oxygen atoms in total. The highest BCUT2D eigenvalue weighted by atomic mass is 16.5. The summed E-state index contributed by atoms with van der Waals surface area (Å²) in [6.07, 6.45) is 3.89. The van der Waals surface area contributed by atoms with Crippen molar-refractivity contribution in [3.63, 3.8) is 0 Å². The molecule has 0 amide bonds. The fraction of sp³-hybridized carbons (Fsp3) is 0.320. The molecule has 2 aromatic carbocycles. The third kappa shape index (κ3) is 4.26. The third-order valence-corrected chi connectivity index (χ3v) is 5.38. The van der Waals surface area contributed by atoms with Crippen LogP contribution < -0.4 is 5.32 Å². The van der Waals surface area contributed by atoms with Gasteiger partial charge in [-0.3, -0.25) is 0 Å². The lowest BCUT2D eigenvalue weighted by Crippen LogP contribution is -2.54. The first kappa shape index (κ1) is 21.7. The quantitative estimate of drug-likeness (QED) is 0.321. The van der Waals surface area contributed by atoms with Crippen molar-refractivity contribution >= 4 is 5.97 Å². The summed E-state index contributed by atoms with van der Waals surface area (Å²) >= 11 is 0. The number of ether oxygens (including phenoxy) is 2. The van der Waals surface area contributed by atoms with E-state index in [9.17, 15) is 9.90 Å². The van der Waals surface area contributed by atoms with Crippen LogP contribution in [0.2, 0.25) is 0 Å². The van der Waals surface area contributed by atoms with E-state index >= 15 is 0 Å². The van der Waals surface area contributed by atoms with Crippen molar-refractivity contribution in [3.8, 4) is 11.1 Å². The summed E-state index contributed by atoms with van der Waals surface area (Å²) in [4.78, 5) is 12.0. The number of rotatable bonds is 11. The number of fused-ring (bicyclic) bond motifs is 3. The highest BCUT2D eigenvalue weighted by Gasteiger charge is 2.37. The van der Waals surface area contributed by atoms with E-state index in [1.165, 1.54) is 28.3 Å². The van der Waals surface area contributed by atoms with Crippen molar-refractivity contribution < 1.29 is 19.4 Å². The molecule has 0 fully saturated rings. The SMILES string of the molecule is C=C[C@@](COCCC)(N/C(=C/C)OCC1c2ccccc2-c2ccccc21)C(=O)O. The zero-order chi connectivity index (χ0) is 21.6. The molecule has 0 saturated carbocycles. The Morgan fingerprint density at radius 1 is 1.17 bits per heavy atom. The summed E-state index contributed by atoms with van der Waals surface area (Å²) in [7, 11) is 0. The van der Waals surface area contributed by atoms with Gasteiger partial charge in [0.25, 0.3) is 0 Å². The van der Waals surface area contributed by atoms with E-state index in [-0.39, 0.29) is 12.5 Å². The molecule has 0 heterocycles. The number of hydrogen-bond acceptors (Lipinski definition) is 4. The molecule has 0 aromatic heterocycles. The van der Waals surface area contributed by atoms with Gasteiger partial charge in [0.05, 0.1) is 6.61 Å². The van der Waals surface area contributed by atoms with Crippen LogP contribution in [0.15, 0.2) is 73.1 Å². The van der Waals surface area contributed by atoms with Crippen molar-refractivity contribution in [2.24, 2.45) is 0 Å². The van der Waals surface area contributed by atoms with Crippen LogP contribution in [0, 0.1) is 0 Å². The Hall–Kier alpha value is -3.05. The summed E-state index contributed by atoms with van der Waals surface area (Å²) in [5.41, 5.74) is 3.41. The molecule has 0 aliphatic heterocycles. The predicted molar refractivity (Wildman–Crippen MR) is 118 cm³/mol. The van der Waals surface area contributed by atoms with Gasteiger partial charge in [0.1, 0.15) is 6.61 Å². The van der Waals surface area contributed by atoms with Gasteiger partial charge in [-0.15, -0.1) is 6.58 Å². The molecule has 158 valence electrons. The number of nitrogens with one attached hydrogen (secondary N) is 1. The summed E-state index contributed by atoms with van der Waals surface area (Å²) in [5, 5.41) is 12.8. The van der Waals surface area contributed by atoms with Crippen molar-refractivity contribution in [1.82, 2.24) is 5.32 Å². The first-order valence-electron chi connectivity index (χ1n) is 10.3. The summed E-state index contributed by atoms with van der Waals surface area (Å²) in [6, 6.07) is 16.6. The van der Waals surface area contributed by atoms with Crippen LogP contribution in [0.3, 0.4) is 0 Å². The standard InChI is InChI=1S/C25H29NO4/c1-4-15-29-17-25(6-3,24(27)28)26-23(5-2)30-16-22-20-13-9-7-11-18(20)19-12-8-10-14-21(19)22/h5-14,22,26H,3-4,15-17H2,1-2H3,(H,27,28)/b23-5-/t25-/m0/s1. The third-order valence-electron chi connectivity index (χ3n) is 5.38. The second-order valence-corrected chi connectivity index (χ2v) is 7.35.